The molecule has 0 radical (unpaired) electrons. The average molecular weight is 392 g/mol. The smallest absolute Gasteiger partial charge is 0.254 e. The van der Waals surface area contributed by atoms with Gasteiger partial charge in [-0.1, -0.05) is 25.1 Å². The maximum Gasteiger partial charge on any atom is 0.254 e. The fourth-order valence-corrected chi connectivity index (χ4v) is 4.05. The molecule has 144 valence electrons. The van der Waals surface area contributed by atoms with Crippen molar-refractivity contribution in [1.29, 1.82) is 0 Å². The summed E-state index contributed by atoms with van der Waals surface area (Å²) >= 11 is 0. The Morgan fingerprint density at radius 3 is 2.70 bits per heavy atom. The second kappa shape index (κ2) is 8.16. The highest BCUT2D eigenvalue weighted by Gasteiger charge is 2.27. The van der Waals surface area contributed by atoms with E-state index in [4.69, 9.17) is 4.74 Å². The van der Waals surface area contributed by atoms with Gasteiger partial charge < -0.3 is 9.64 Å². The first-order valence-electron chi connectivity index (χ1n) is 8.67. The van der Waals surface area contributed by atoms with E-state index in [2.05, 4.69) is 4.72 Å². The normalized spacial score (nSPS) is 17.7. The van der Waals surface area contributed by atoms with Crippen molar-refractivity contribution in [2.75, 3.05) is 26.2 Å². The van der Waals surface area contributed by atoms with E-state index >= 15 is 0 Å². The number of nitrogens with one attached hydrogen (secondary N) is 1. The third-order valence-electron chi connectivity index (χ3n) is 4.32. The first-order valence-corrected chi connectivity index (χ1v) is 10.1. The summed E-state index contributed by atoms with van der Waals surface area (Å²) in [6, 6.07) is 12.0. The molecule has 6 nitrogen and oxygen atoms in total. The van der Waals surface area contributed by atoms with Crippen molar-refractivity contribution >= 4 is 15.9 Å². The molecular weight excluding hydrogens is 371 g/mol. The summed E-state index contributed by atoms with van der Waals surface area (Å²) in [5.74, 6) is -0.597. The van der Waals surface area contributed by atoms with Gasteiger partial charge in [-0.2, -0.15) is 0 Å². The van der Waals surface area contributed by atoms with Crippen molar-refractivity contribution in [3.8, 4) is 0 Å². The minimum atomic E-state index is -3.64. The Kier molecular flexibility index (Phi) is 5.88. The van der Waals surface area contributed by atoms with Gasteiger partial charge in [0, 0.05) is 18.7 Å². The topological polar surface area (TPSA) is 75.7 Å². The van der Waals surface area contributed by atoms with E-state index in [1.165, 1.54) is 24.3 Å². The number of halogens is 1. The van der Waals surface area contributed by atoms with E-state index < -0.39 is 10.0 Å². The Morgan fingerprint density at radius 2 is 2.00 bits per heavy atom. The summed E-state index contributed by atoms with van der Waals surface area (Å²) in [5, 5.41) is 0. The van der Waals surface area contributed by atoms with Crippen LogP contribution in [0.2, 0.25) is 0 Å². The van der Waals surface area contributed by atoms with Crippen molar-refractivity contribution in [2.45, 2.75) is 17.9 Å². The fraction of sp³-hybridized carbons (Fsp3) is 0.316. The number of ether oxygens (including phenoxy) is 1. The predicted octanol–water partition coefficient (Wildman–Crippen LogP) is 2.34. The maximum atomic E-state index is 13.1. The zero-order chi connectivity index (χ0) is 19.4. The van der Waals surface area contributed by atoms with Crippen LogP contribution in [0.1, 0.15) is 28.9 Å². The summed E-state index contributed by atoms with van der Waals surface area (Å²) in [6.45, 7) is 3.03. The van der Waals surface area contributed by atoms with Crippen molar-refractivity contribution < 1.29 is 22.3 Å². The molecule has 1 amide bonds. The van der Waals surface area contributed by atoms with E-state index in [1.807, 2.05) is 0 Å². The molecule has 1 fully saturated rings. The van der Waals surface area contributed by atoms with Crippen molar-refractivity contribution in [3.05, 3.63) is 65.5 Å². The molecule has 1 aliphatic heterocycles. The van der Waals surface area contributed by atoms with Gasteiger partial charge in [0.2, 0.25) is 10.0 Å². The molecule has 0 bridgehead atoms. The molecule has 1 heterocycles. The molecule has 2 aromatic rings. The summed E-state index contributed by atoms with van der Waals surface area (Å²) in [4.78, 5) is 14.5. The standard InChI is InChI=1S/C19H21FN2O4S/c1-2-21-27(24,25)17-5-3-4-15(12-17)19(23)22-10-11-26-18(13-22)14-6-8-16(20)9-7-14/h3-9,12,18,21H,2,10-11,13H2,1H3. The van der Waals surface area contributed by atoms with Gasteiger partial charge in [-0.25, -0.2) is 17.5 Å². The molecule has 0 aliphatic carbocycles. The number of carbonyl (C=O) groups excluding carboxylic acids is 1. The first-order chi connectivity index (χ1) is 12.9. The lowest BCUT2D eigenvalue weighted by Crippen LogP contribution is -2.42. The lowest BCUT2D eigenvalue weighted by atomic mass is 10.1. The predicted molar refractivity (Wildman–Crippen MR) is 98.3 cm³/mol. The van der Waals surface area contributed by atoms with Crippen LogP contribution in [0.15, 0.2) is 53.4 Å². The SMILES string of the molecule is CCNS(=O)(=O)c1cccc(C(=O)N2CCOC(c3ccc(F)cc3)C2)c1. The van der Waals surface area contributed by atoms with Crippen LogP contribution in [0, 0.1) is 5.82 Å². The van der Waals surface area contributed by atoms with Crippen LogP contribution in [0.3, 0.4) is 0 Å². The molecule has 1 unspecified atom stereocenters. The summed E-state index contributed by atoms with van der Waals surface area (Å²) in [5.41, 5.74) is 1.09. The van der Waals surface area contributed by atoms with Crippen LogP contribution < -0.4 is 4.72 Å². The Morgan fingerprint density at radius 1 is 1.26 bits per heavy atom. The Hall–Kier alpha value is -2.29. The molecule has 1 N–H and O–H groups in total. The van der Waals surface area contributed by atoms with Gasteiger partial charge in [-0.15, -0.1) is 0 Å². The minimum absolute atomic E-state index is 0.0542. The minimum Gasteiger partial charge on any atom is -0.370 e. The van der Waals surface area contributed by atoms with Gasteiger partial charge in [-0.3, -0.25) is 4.79 Å². The molecule has 0 spiro atoms. The number of nitrogens with zero attached hydrogens (tertiary/aromatic N) is 1. The third-order valence-corrected chi connectivity index (χ3v) is 5.86. The fourth-order valence-electron chi connectivity index (χ4n) is 2.97. The van der Waals surface area contributed by atoms with Crippen LogP contribution in [0.25, 0.3) is 0 Å². The van der Waals surface area contributed by atoms with E-state index in [-0.39, 0.29) is 29.3 Å². The van der Waals surface area contributed by atoms with Gasteiger partial charge in [0.25, 0.3) is 5.91 Å². The second-order valence-electron chi connectivity index (χ2n) is 6.19. The van der Waals surface area contributed by atoms with Crippen molar-refractivity contribution in [3.63, 3.8) is 0 Å². The highest BCUT2D eigenvalue weighted by atomic mass is 32.2. The molecule has 1 atom stereocenters. The van der Waals surface area contributed by atoms with Gasteiger partial charge in [0.05, 0.1) is 18.0 Å². The Labute approximate surface area is 158 Å². The number of amides is 1. The summed E-state index contributed by atoms with van der Waals surface area (Å²) in [7, 11) is -3.64. The zero-order valence-corrected chi connectivity index (χ0v) is 15.7. The number of hydrogen-bond acceptors (Lipinski definition) is 4. The molecular formula is C19H21FN2O4S. The highest BCUT2D eigenvalue weighted by molar-refractivity contribution is 7.89. The maximum absolute atomic E-state index is 13.1. The van der Waals surface area contributed by atoms with Crippen molar-refractivity contribution in [1.82, 2.24) is 9.62 Å². The van der Waals surface area contributed by atoms with E-state index in [9.17, 15) is 17.6 Å². The van der Waals surface area contributed by atoms with Gasteiger partial charge in [-0.05, 0) is 35.9 Å². The lowest BCUT2D eigenvalue weighted by Gasteiger charge is -2.33. The monoisotopic (exact) mass is 392 g/mol. The van der Waals surface area contributed by atoms with Crippen LogP contribution in [0.4, 0.5) is 4.39 Å². The molecule has 1 aliphatic rings. The van der Waals surface area contributed by atoms with Gasteiger partial charge >= 0.3 is 0 Å². The lowest BCUT2D eigenvalue weighted by molar-refractivity contribution is -0.0228. The van der Waals surface area contributed by atoms with Gasteiger partial charge in [0.15, 0.2) is 0 Å². The van der Waals surface area contributed by atoms with E-state index in [0.29, 0.717) is 25.3 Å². The van der Waals surface area contributed by atoms with E-state index in [1.54, 1.807) is 36.1 Å². The number of morpholine rings is 1. The van der Waals surface area contributed by atoms with Crippen LogP contribution in [0.5, 0.6) is 0 Å². The van der Waals surface area contributed by atoms with Crippen LogP contribution in [-0.4, -0.2) is 45.5 Å². The quantitative estimate of drug-likeness (QED) is 0.848. The summed E-state index contributed by atoms with van der Waals surface area (Å²) in [6.07, 6.45) is -0.350. The molecule has 2 aromatic carbocycles. The molecule has 0 saturated carbocycles. The molecule has 8 heteroatoms. The third kappa shape index (κ3) is 4.52. The van der Waals surface area contributed by atoms with Crippen LogP contribution in [-0.2, 0) is 14.8 Å². The largest absolute Gasteiger partial charge is 0.370 e. The molecule has 0 aromatic heterocycles. The number of benzene rings is 2. The molecule has 1 saturated heterocycles. The van der Waals surface area contributed by atoms with Crippen LogP contribution >= 0.6 is 0 Å². The summed E-state index contributed by atoms with van der Waals surface area (Å²) < 4.78 is 45.6. The number of carbonyl (C=O) groups is 1. The Balaban J connectivity index is 1.78. The second-order valence-corrected chi connectivity index (χ2v) is 7.96. The number of hydrogen-bond donors (Lipinski definition) is 1. The average Bonchev–Trinajstić information content (AvgIpc) is 2.68. The zero-order valence-electron chi connectivity index (χ0n) is 14.9. The van der Waals surface area contributed by atoms with E-state index in [0.717, 1.165) is 5.56 Å². The number of rotatable bonds is 5. The Bertz CT molecular complexity index is 916. The van der Waals surface area contributed by atoms with Crippen molar-refractivity contribution in [2.24, 2.45) is 0 Å². The molecule has 27 heavy (non-hydrogen) atoms. The van der Waals surface area contributed by atoms with Gasteiger partial charge in [0.1, 0.15) is 11.9 Å². The first kappa shape index (κ1) is 19.5. The highest BCUT2D eigenvalue weighted by Crippen LogP contribution is 2.24. The number of sulfonamides is 1. The molecule has 3 rings (SSSR count).